The zero-order valence-electron chi connectivity index (χ0n) is 10.2. The Balaban J connectivity index is 2.40. The number of carbonyl (C=O) groups is 2. The zero-order valence-corrected chi connectivity index (χ0v) is 13.9. The second-order valence-electron chi connectivity index (χ2n) is 4.02. The SMILES string of the molecule is C=CCN1C(=O)N/C(=C\c2cc(Br)cc(I)c2O)C1=O. The highest BCUT2D eigenvalue weighted by molar-refractivity contribution is 14.1. The molecule has 0 spiro atoms. The predicted octanol–water partition coefficient (Wildman–Crippen LogP) is 2.84. The third-order valence-electron chi connectivity index (χ3n) is 2.63. The third kappa shape index (κ3) is 2.88. The summed E-state index contributed by atoms with van der Waals surface area (Å²) in [6.07, 6.45) is 2.92. The van der Waals surface area contributed by atoms with Gasteiger partial charge in [0, 0.05) is 16.6 Å². The number of carbonyl (C=O) groups excluding carboxylic acids is 2. The van der Waals surface area contributed by atoms with Gasteiger partial charge >= 0.3 is 6.03 Å². The first kappa shape index (κ1) is 15.0. The Morgan fingerprint density at radius 2 is 2.15 bits per heavy atom. The van der Waals surface area contributed by atoms with Gasteiger partial charge in [-0.3, -0.25) is 9.69 Å². The van der Waals surface area contributed by atoms with Crippen molar-refractivity contribution in [3.63, 3.8) is 0 Å². The van der Waals surface area contributed by atoms with Gasteiger partial charge in [0.05, 0.1) is 3.57 Å². The molecule has 1 aromatic rings. The highest BCUT2D eigenvalue weighted by Crippen LogP contribution is 2.30. The lowest BCUT2D eigenvalue weighted by Gasteiger charge is -2.07. The van der Waals surface area contributed by atoms with Crippen LogP contribution in [0.15, 0.2) is 35.0 Å². The van der Waals surface area contributed by atoms with Crippen LogP contribution in [0.4, 0.5) is 4.79 Å². The van der Waals surface area contributed by atoms with Crippen LogP contribution in [-0.4, -0.2) is 28.5 Å². The van der Waals surface area contributed by atoms with Crippen LogP contribution in [-0.2, 0) is 4.79 Å². The lowest BCUT2D eigenvalue weighted by Crippen LogP contribution is -2.30. The summed E-state index contributed by atoms with van der Waals surface area (Å²) in [4.78, 5) is 24.7. The molecule has 20 heavy (non-hydrogen) atoms. The number of hydrogen-bond donors (Lipinski definition) is 2. The first-order valence-electron chi connectivity index (χ1n) is 5.57. The van der Waals surface area contributed by atoms with Gasteiger partial charge in [0.2, 0.25) is 0 Å². The van der Waals surface area contributed by atoms with E-state index in [0.717, 1.165) is 9.37 Å². The van der Waals surface area contributed by atoms with E-state index < -0.39 is 11.9 Å². The van der Waals surface area contributed by atoms with E-state index >= 15 is 0 Å². The number of hydrogen-bond acceptors (Lipinski definition) is 3. The van der Waals surface area contributed by atoms with Crippen molar-refractivity contribution in [2.75, 3.05) is 6.54 Å². The van der Waals surface area contributed by atoms with E-state index in [4.69, 9.17) is 0 Å². The lowest BCUT2D eigenvalue weighted by molar-refractivity contribution is -0.122. The number of nitrogens with zero attached hydrogens (tertiary/aromatic N) is 1. The number of nitrogens with one attached hydrogen (secondary N) is 1. The van der Waals surface area contributed by atoms with Gasteiger partial charge in [-0.05, 0) is 40.8 Å². The molecule has 1 saturated heterocycles. The lowest BCUT2D eigenvalue weighted by atomic mass is 10.1. The fourth-order valence-corrected chi connectivity index (χ4v) is 3.27. The molecule has 0 unspecified atom stereocenters. The maximum Gasteiger partial charge on any atom is 0.329 e. The molecule has 2 N–H and O–H groups in total. The van der Waals surface area contributed by atoms with E-state index in [0.29, 0.717) is 9.13 Å². The molecule has 1 heterocycles. The van der Waals surface area contributed by atoms with Gasteiger partial charge in [0.15, 0.2) is 0 Å². The molecular formula is C13H10BrIN2O3. The second kappa shape index (κ2) is 5.96. The molecular weight excluding hydrogens is 439 g/mol. The van der Waals surface area contributed by atoms with Crippen molar-refractivity contribution >= 4 is 56.5 Å². The highest BCUT2D eigenvalue weighted by Gasteiger charge is 2.32. The van der Waals surface area contributed by atoms with Crippen molar-refractivity contribution in [2.24, 2.45) is 0 Å². The number of benzene rings is 1. The van der Waals surface area contributed by atoms with Crippen molar-refractivity contribution in [2.45, 2.75) is 0 Å². The third-order valence-corrected chi connectivity index (χ3v) is 3.91. The van der Waals surface area contributed by atoms with E-state index in [1.54, 1.807) is 12.1 Å². The van der Waals surface area contributed by atoms with Crippen LogP contribution in [0.2, 0.25) is 0 Å². The Kier molecular flexibility index (Phi) is 4.48. The number of urea groups is 1. The van der Waals surface area contributed by atoms with Gasteiger partial charge < -0.3 is 10.4 Å². The second-order valence-corrected chi connectivity index (χ2v) is 6.10. The van der Waals surface area contributed by atoms with Crippen LogP contribution in [0, 0.1) is 3.57 Å². The summed E-state index contributed by atoms with van der Waals surface area (Å²) < 4.78 is 1.41. The normalized spacial score (nSPS) is 16.7. The number of amides is 3. The molecule has 0 saturated carbocycles. The highest BCUT2D eigenvalue weighted by atomic mass is 127. The van der Waals surface area contributed by atoms with Crippen molar-refractivity contribution in [1.82, 2.24) is 10.2 Å². The van der Waals surface area contributed by atoms with Crippen molar-refractivity contribution in [3.05, 3.63) is 44.1 Å². The first-order valence-corrected chi connectivity index (χ1v) is 7.44. The topological polar surface area (TPSA) is 69.6 Å². The molecule has 7 heteroatoms. The Hall–Kier alpha value is -1.35. The van der Waals surface area contributed by atoms with Crippen molar-refractivity contribution in [1.29, 1.82) is 0 Å². The summed E-state index contributed by atoms with van der Waals surface area (Å²) >= 11 is 5.30. The number of aromatic hydroxyl groups is 1. The summed E-state index contributed by atoms with van der Waals surface area (Å²) in [7, 11) is 0. The van der Waals surface area contributed by atoms with Gasteiger partial charge in [-0.1, -0.05) is 22.0 Å². The van der Waals surface area contributed by atoms with Gasteiger partial charge in [0.25, 0.3) is 5.91 Å². The minimum absolute atomic E-state index is 0.0607. The van der Waals surface area contributed by atoms with E-state index in [2.05, 4.69) is 27.8 Å². The monoisotopic (exact) mass is 448 g/mol. The maximum atomic E-state index is 12.0. The molecule has 0 atom stereocenters. The van der Waals surface area contributed by atoms with Crippen LogP contribution >= 0.6 is 38.5 Å². The fraction of sp³-hybridized carbons (Fsp3) is 0.0769. The van der Waals surface area contributed by atoms with Gasteiger partial charge in [0.1, 0.15) is 11.4 Å². The van der Waals surface area contributed by atoms with Crippen LogP contribution in [0.25, 0.3) is 6.08 Å². The average Bonchev–Trinajstić information content (AvgIpc) is 2.63. The van der Waals surface area contributed by atoms with Crippen LogP contribution < -0.4 is 5.32 Å². The Labute approximate surface area is 137 Å². The molecule has 2 rings (SSSR count). The first-order chi connectivity index (χ1) is 9.43. The number of phenolic OH excluding ortho intramolecular Hbond substituents is 1. The van der Waals surface area contributed by atoms with Crippen molar-refractivity contribution < 1.29 is 14.7 Å². The minimum atomic E-state index is -0.495. The van der Waals surface area contributed by atoms with Gasteiger partial charge in [-0.2, -0.15) is 0 Å². The molecule has 5 nitrogen and oxygen atoms in total. The molecule has 0 aliphatic carbocycles. The standard InChI is InChI=1S/C13H10BrIN2O3/c1-2-3-17-12(19)10(16-13(17)20)5-7-4-8(14)6-9(15)11(7)18/h2,4-6,18H,1,3H2,(H,16,20)/b10-5-. The molecule has 1 fully saturated rings. The van der Waals surface area contributed by atoms with Crippen LogP contribution in [0.5, 0.6) is 5.75 Å². The van der Waals surface area contributed by atoms with Crippen LogP contribution in [0.3, 0.4) is 0 Å². The Bertz CT molecular complexity index is 643. The number of halogens is 2. The number of phenols is 1. The van der Waals surface area contributed by atoms with E-state index in [1.807, 2.05) is 22.6 Å². The minimum Gasteiger partial charge on any atom is -0.506 e. The average molecular weight is 449 g/mol. The van der Waals surface area contributed by atoms with E-state index in [-0.39, 0.29) is 18.0 Å². The van der Waals surface area contributed by atoms with Gasteiger partial charge in [-0.15, -0.1) is 6.58 Å². The maximum absolute atomic E-state index is 12.0. The van der Waals surface area contributed by atoms with Gasteiger partial charge in [-0.25, -0.2) is 4.79 Å². The molecule has 0 aromatic heterocycles. The molecule has 104 valence electrons. The molecule has 0 radical (unpaired) electrons. The quantitative estimate of drug-likeness (QED) is 0.323. The molecule has 1 aliphatic heterocycles. The van der Waals surface area contributed by atoms with Crippen LogP contribution in [0.1, 0.15) is 5.56 Å². The van der Waals surface area contributed by atoms with E-state index in [1.165, 1.54) is 12.2 Å². The summed E-state index contributed by atoms with van der Waals surface area (Å²) in [5, 5.41) is 12.5. The number of rotatable bonds is 3. The number of imide groups is 1. The van der Waals surface area contributed by atoms with E-state index in [9.17, 15) is 14.7 Å². The largest absolute Gasteiger partial charge is 0.506 e. The summed E-state index contributed by atoms with van der Waals surface area (Å²) in [5.41, 5.74) is 0.578. The summed E-state index contributed by atoms with van der Waals surface area (Å²) in [6, 6.07) is 2.92. The molecule has 1 aromatic carbocycles. The Morgan fingerprint density at radius 3 is 2.80 bits per heavy atom. The predicted molar refractivity (Wildman–Crippen MR) is 86.9 cm³/mol. The molecule has 0 bridgehead atoms. The summed E-state index contributed by atoms with van der Waals surface area (Å²) in [5.74, 6) is -0.380. The summed E-state index contributed by atoms with van der Waals surface area (Å²) in [6.45, 7) is 3.64. The fourth-order valence-electron chi connectivity index (χ4n) is 1.72. The smallest absolute Gasteiger partial charge is 0.329 e. The van der Waals surface area contributed by atoms with Crippen molar-refractivity contribution in [3.8, 4) is 5.75 Å². The Morgan fingerprint density at radius 1 is 1.45 bits per heavy atom. The molecule has 3 amide bonds. The zero-order chi connectivity index (χ0) is 14.9. The molecule has 1 aliphatic rings.